The van der Waals surface area contributed by atoms with Gasteiger partial charge in [0, 0.05) is 19.1 Å². The highest BCUT2D eigenvalue weighted by molar-refractivity contribution is 5.76. The van der Waals surface area contributed by atoms with Crippen LogP contribution in [-0.4, -0.2) is 43.1 Å². The highest BCUT2D eigenvalue weighted by Gasteiger charge is 2.35. The van der Waals surface area contributed by atoms with Gasteiger partial charge in [-0.2, -0.15) is 0 Å². The van der Waals surface area contributed by atoms with E-state index < -0.39 is 0 Å². The summed E-state index contributed by atoms with van der Waals surface area (Å²) in [5, 5.41) is 3.53. The molecule has 0 bridgehead atoms. The Kier molecular flexibility index (Phi) is 4.44. The molecule has 0 aliphatic carbocycles. The Morgan fingerprint density at radius 2 is 2.33 bits per heavy atom. The number of nitrogens with zero attached hydrogens (tertiary/aromatic N) is 1. The van der Waals surface area contributed by atoms with E-state index in [0.717, 1.165) is 25.4 Å². The van der Waals surface area contributed by atoms with Crippen molar-refractivity contribution in [1.29, 1.82) is 0 Å². The standard InChI is InChI=1S/C17H24N2O2/c1-13-4-2-6-15(10-13)21-9-7-17(20)19-11-14-5-3-8-18-16(14)12-19/h2,4,6,10,14,16,18H,3,5,7-9,11-12H2,1H3/t14-,16+/m0/s1. The van der Waals surface area contributed by atoms with E-state index in [1.165, 1.54) is 18.4 Å². The van der Waals surface area contributed by atoms with E-state index in [2.05, 4.69) is 5.32 Å². The maximum atomic E-state index is 12.3. The normalized spacial score (nSPS) is 24.7. The van der Waals surface area contributed by atoms with Crippen molar-refractivity contribution in [3.63, 3.8) is 0 Å². The summed E-state index contributed by atoms with van der Waals surface area (Å²) in [6.45, 7) is 5.38. The molecule has 1 amide bonds. The van der Waals surface area contributed by atoms with E-state index in [0.29, 0.717) is 25.0 Å². The van der Waals surface area contributed by atoms with E-state index in [1.807, 2.05) is 36.1 Å². The predicted octanol–water partition coefficient (Wildman–Crippen LogP) is 1.97. The zero-order chi connectivity index (χ0) is 14.7. The lowest BCUT2D eigenvalue weighted by Gasteiger charge is -2.24. The first-order valence-corrected chi connectivity index (χ1v) is 7.93. The molecule has 3 rings (SSSR count). The zero-order valence-electron chi connectivity index (χ0n) is 12.7. The molecule has 0 radical (unpaired) electrons. The summed E-state index contributed by atoms with van der Waals surface area (Å²) in [4.78, 5) is 14.3. The van der Waals surface area contributed by atoms with E-state index in [9.17, 15) is 4.79 Å². The molecule has 2 aliphatic heterocycles. The fourth-order valence-electron chi connectivity index (χ4n) is 3.37. The van der Waals surface area contributed by atoms with Crippen molar-refractivity contribution in [2.24, 2.45) is 5.92 Å². The predicted molar refractivity (Wildman–Crippen MR) is 82.4 cm³/mol. The van der Waals surface area contributed by atoms with Gasteiger partial charge in [-0.05, 0) is 49.9 Å². The number of fused-ring (bicyclic) bond motifs is 1. The Labute approximate surface area is 126 Å². The van der Waals surface area contributed by atoms with Crippen LogP contribution in [0.4, 0.5) is 0 Å². The number of likely N-dealkylation sites (tertiary alicyclic amines) is 1. The molecule has 2 saturated heterocycles. The SMILES string of the molecule is Cc1cccc(OCCC(=O)N2C[C@@H]3CCCN[C@@H]3C2)c1. The summed E-state index contributed by atoms with van der Waals surface area (Å²) in [5.74, 6) is 1.72. The Morgan fingerprint density at radius 3 is 3.14 bits per heavy atom. The van der Waals surface area contributed by atoms with E-state index in [4.69, 9.17) is 4.74 Å². The van der Waals surface area contributed by atoms with Gasteiger partial charge in [0.05, 0.1) is 13.0 Å². The lowest BCUT2D eigenvalue weighted by atomic mass is 9.94. The molecule has 1 aromatic carbocycles. The van der Waals surface area contributed by atoms with Gasteiger partial charge in [0.2, 0.25) is 5.91 Å². The van der Waals surface area contributed by atoms with Crippen LogP contribution in [-0.2, 0) is 4.79 Å². The van der Waals surface area contributed by atoms with E-state index >= 15 is 0 Å². The van der Waals surface area contributed by atoms with Crippen molar-refractivity contribution >= 4 is 5.91 Å². The molecule has 4 heteroatoms. The molecule has 2 atom stereocenters. The zero-order valence-corrected chi connectivity index (χ0v) is 12.7. The number of carbonyl (C=O) groups is 1. The van der Waals surface area contributed by atoms with E-state index in [-0.39, 0.29) is 5.91 Å². The second kappa shape index (κ2) is 6.48. The number of hydrogen-bond acceptors (Lipinski definition) is 3. The first-order chi connectivity index (χ1) is 10.2. The molecule has 0 spiro atoms. The summed E-state index contributed by atoms with van der Waals surface area (Å²) < 4.78 is 5.67. The number of carbonyl (C=O) groups excluding carboxylic acids is 1. The van der Waals surface area contributed by atoms with Crippen LogP contribution < -0.4 is 10.1 Å². The van der Waals surface area contributed by atoms with Gasteiger partial charge in [-0.3, -0.25) is 4.79 Å². The van der Waals surface area contributed by atoms with Crippen LogP contribution >= 0.6 is 0 Å². The third-order valence-corrected chi connectivity index (χ3v) is 4.53. The van der Waals surface area contributed by atoms with Crippen molar-refractivity contribution in [3.8, 4) is 5.75 Å². The number of nitrogens with one attached hydrogen (secondary N) is 1. The van der Waals surface area contributed by atoms with Crippen LogP contribution in [0.15, 0.2) is 24.3 Å². The first-order valence-electron chi connectivity index (χ1n) is 7.93. The summed E-state index contributed by atoms with van der Waals surface area (Å²) in [7, 11) is 0. The molecule has 1 aromatic rings. The average Bonchev–Trinajstić information content (AvgIpc) is 2.91. The maximum Gasteiger partial charge on any atom is 0.226 e. The summed E-state index contributed by atoms with van der Waals surface area (Å²) in [6, 6.07) is 8.46. The first kappa shape index (κ1) is 14.4. The van der Waals surface area contributed by atoms with Gasteiger partial charge >= 0.3 is 0 Å². The molecular weight excluding hydrogens is 264 g/mol. The molecule has 21 heavy (non-hydrogen) atoms. The van der Waals surface area contributed by atoms with Crippen LogP contribution in [0.25, 0.3) is 0 Å². The number of aryl methyl sites for hydroxylation is 1. The smallest absolute Gasteiger partial charge is 0.226 e. The Balaban J connectivity index is 1.44. The number of hydrogen-bond donors (Lipinski definition) is 1. The molecule has 0 saturated carbocycles. The van der Waals surface area contributed by atoms with Crippen molar-refractivity contribution < 1.29 is 9.53 Å². The minimum Gasteiger partial charge on any atom is -0.493 e. The Hall–Kier alpha value is -1.55. The van der Waals surface area contributed by atoms with Crippen LogP contribution in [0, 0.1) is 12.8 Å². The van der Waals surface area contributed by atoms with Crippen LogP contribution in [0.1, 0.15) is 24.8 Å². The maximum absolute atomic E-state index is 12.3. The average molecular weight is 288 g/mol. The molecule has 114 valence electrons. The third kappa shape index (κ3) is 3.56. The minimum absolute atomic E-state index is 0.221. The van der Waals surface area contributed by atoms with Gasteiger partial charge < -0.3 is 15.0 Å². The van der Waals surface area contributed by atoms with Gasteiger partial charge in [0.15, 0.2) is 0 Å². The van der Waals surface area contributed by atoms with Crippen molar-refractivity contribution in [1.82, 2.24) is 10.2 Å². The molecule has 1 N–H and O–H groups in total. The molecule has 2 heterocycles. The molecule has 0 aromatic heterocycles. The van der Waals surface area contributed by atoms with Gasteiger partial charge in [-0.15, -0.1) is 0 Å². The number of rotatable bonds is 4. The molecule has 4 nitrogen and oxygen atoms in total. The number of benzene rings is 1. The van der Waals surface area contributed by atoms with E-state index in [1.54, 1.807) is 0 Å². The van der Waals surface area contributed by atoms with Crippen molar-refractivity contribution in [2.45, 2.75) is 32.2 Å². The van der Waals surface area contributed by atoms with Gasteiger partial charge in [0.1, 0.15) is 5.75 Å². The van der Waals surface area contributed by atoms with Crippen LogP contribution in [0.3, 0.4) is 0 Å². The number of ether oxygens (including phenoxy) is 1. The molecular formula is C17H24N2O2. The monoisotopic (exact) mass is 288 g/mol. The molecule has 0 unspecified atom stereocenters. The fourth-order valence-corrected chi connectivity index (χ4v) is 3.37. The molecule has 2 fully saturated rings. The largest absolute Gasteiger partial charge is 0.493 e. The number of piperidine rings is 1. The lowest BCUT2D eigenvalue weighted by Crippen LogP contribution is -2.41. The summed E-state index contributed by atoms with van der Waals surface area (Å²) in [5.41, 5.74) is 1.17. The molecule has 2 aliphatic rings. The quantitative estimate of drug-likeness (QED) is 0.921. The second-order valence-electron chi connectivity index (χ2n) is 6.18. The highest BCUT2D eigenvalue weighted by Crippen LogP contribution is 2.25. The Bertz CT molecular complexity index is 489. The van der Waals surface area contributed by atoms with Crippen LogP contribution in [0.2, 0.25) is 0 Å². The third-order valence-electron chi connectivity index (χ3n) is 4.53. The minimum atomic E-state index is 0.221. The number of amides is 1. The van der Waals surface area contributed by atoms with Crippen LogP contribution in [0.5, 0.6) is 5.75 Å². The van der Waals surface area contributed by atoms with Crippen molar-refractivity contribution in [3.05, 3.63) is 29.8 Å². The Morgan fingerprint density at radius 1 is 1.43 bits per heavy atom. The van der Waals surface area contributed by atoms with Gasteiger partial charge in [0.25, 0.3) is 0 Å². The fraction of sp³-hybridized carbons (Fsp3) is 0.588. The van der Waals surface area contributed by atoms with Gasteiger partial charge in [-0.25, -0.2) is 0 Å². The van der Waals surface area contributed by atoms with Crippen molar-refractivity contribution in [2.75, 3.05) is 26.2 Å². The van der Waals surface area contributed by atoms with Gasteiger partial charge in [-0.1, -0.05) is 12.1 Å². The second-order valence-corrected chi connectivity index (χ2v) is 6.18. The summed E-state index contributed by atoms with van der Waals surface area (Å²) >= 11 is 0. The highest BCUT2D eigenvalue weighted by atomic mass is 16.5. The summed E-state index contributed by atoms with van der Waals surface area (Å²) in [6.07, 6.45) is 2.95. The topological polar surface area (TPSA) is 41.6 Å². The lowest BCUT2D eigenvalue weighted by molar-refractivity contribution is -0.130.